The number of phosphoric ester groups is 1. The van der Waals surface area contributed by atoms with E-state index in [1.54, 1.807) is 0 Å². The third-order valence-electron chi connectivity index (χ3n) is 10.7. The van der Waals surface area contributed by atoms with Crippen LogP contribution in [0.4, 0.5) is 0 Å². The molecular weight excluding hydrogens is 800 g/mol. The quantitative estimate of drug-likeness (QED) is 0.0236. The van der Waals surface area contributed by atoms with Gasteiger partial charge in [-0.15, -0.1) is 0 Å². The molecule has 10 heteroatoms. The summed E-state index contributed by atoms with van der Waals surface area (Å²) in [5.74, 6) is -0.391. The summed E-state index contributed by atoms with van der Waals surface area (Å²) >= 11 is 0. The fourth-order valence-corrected chi connectivity index (χ4v) is 7.59. The first-order valence-electron chi connectivity index (χ1n) is 25.3. The lowest BCUT2D eigenvalue weighted by Gasteiger charge is -2.20. The van der Waals surface area contributed by atoms with Crippen molar-refractivity contribution in [2.75, 3.05) is 33.0 Å². The standard InChI is InChI=1S/C52H95O9P/c1-3-5-7-9-11-13-15-17-19-21-23-24-25-27-29-31-33-35-37-39-41-43-45-58-48-51(49-60-62(56,57)59-47-50(54)46-53)61-52(55)44-42-40-38-36-34-32-30-28-26-22-20-18-16-14-12-10-8-6-4-2/h12,14-15,17-18,20-21,23,25,27,50-51,53-54H,3-11,13,16,19,22,24,26,28-49H2,1-2H3,(H,56,57)/b14-12-,17-15-,20-18-,23-21-,27-25-. The van der Waals surface area contributed by atoms with Crippen molar-refractivity contribution in [3.05, 3.63) is 60.8 Å². The first-order chi connectivity index (χ1) is 30.3. The lowest BCUT2D eigenvalue weighted by atomic mass is 10.1. The van der Waals surface area contributed by atoms with Gasteiger partial charge in [-0.1, -0.05) is 190 Å². The summed E-state index contributed by atoms with van der Waals surface area (Å²) in [6.45, 7) is 3.47. The van der Waals surface area contributed by atoms with E-state index in [1.165, 1.54) is 122 Å². The van der Waals surface area contributed by atoms with E-state index < -0.39 is 39.2 Å². The predicted octanol–water partition coefficient (Wildman–Crippen LogP) is 14.7. The highest BCUT2D eigenvalue weighted by atomic mass is 31.2. The van der Waals surface area contributed by atoms with Crippen molar-refractivity contribution in [1.82, 2.24) is 0 Å². The average Bonchev–Trinajstić information content (AvgIpc) is 3.26. The maximum Gasteiger partial charge on any atom is 0.472 e. The molecule has 0 spiro atoms. The van der Waals surface area contributed by atoms with Crippen LogP contribution in [0.15, 0.2) is 60.8 Å². The maximum atomic E-state index is 12.7. The lowest BCUT2D eigenvalue weighted by molar-refractivity contribution is -0.154. The zero-order valence-electron chi connectivity index (χ0n) is 39.8. The van der Waals surface area contributed by atoms with E-state index >= 15 is 0 Å². The molecule has 0 aromatic rings. The monoisotopic (exact) mass is 895 g/mol. The molecule has 0 saturated heterocycles. The molecule has 0 rings (SSSR count). The van der Waals surface area contributed by atoms with Gasteiger partial charge in [0.25, 0.3) is 0 Å². The summed E-state index contributed by atoms with van der Waals surface area (Å²) < 4.78 is 33.5. The van der Waals surface area contributed by atoms with Gasteiger partial charge in [-0.25, -0.2) is 4.57 Å². The van der Waals surface area contributed by atoms with Gasteiger partial charge in [-0.2, -0.15) is 0 Å². The van der Waals surface area contributed by atoms with Gasteiger partial charge in [-0.3, -0.25) is 13.8 Å². The van der Waals surface area contributed by atoms with Crippen LogP contribution in [0, 0.1) is 0 Å². The van der Waals surface area contributed by atoms with Crippen molar-refractivity contribution < 1.29 is 43.0 Å². The zero-order chi connectivity index (χ0) is 45.3. The Morgan fingerprint density at radius 2 is 0.871 bits per heavy atom. The summed E-state index contributed by atoms with van der Waals surface area (Å²) in [6, 6.07) is 0. The molecule has 3 atom stereocenters. The van der Waals surface area contributed by atoms with Crippen molar-refractivity contribution in [2.45, 2.75) is 232 Å². The number of aliphatic hydroxyl groups excluding tert-OH is 2. The number of hydrogen-bond donors (Lipinski definition) is 3. The maximum absolute atomic E-state index is 12.7. The molecule has 3 unspecified atom stereocenters. The minimum absolute atomic E-state index is 0.0391. The normalized spacial score (nSPS) is 14.3. The molecule has 362 valence electrons. The molecule has 0 amide bonds. The number of unbranched alkanes of at least 4 members (excludes halogenated alkanes) is 24. The van der Waals surface area contributed by atoms with E-state index in [1.807, 2.05) is 0 Å². The van der Waals surface area contributed by atoms with Gasteiger partial charge in [0.05, 0.1) is 26.4 Å². The highest BCUT2D eigenvalue weighted by molar-refractivity contribution is 7.47. The van der Waals surface area contributed by atoms with Crippen LogP contribution in [0.25, 0.3) is 0 Å². The number of aliphatic hydroxyl groups is 2. The Kier molecular flexibility index (Phi) is 47.2. The van der Waals surface area contributed by atoms with E-state index in [0.29, 0.717) is 6.61 Å². The Hall–Kier alpha value is -1.84. The Balaban J connectivity index is 4.13. The van der Waals surface area contributed by atoms with Crippen molar-refractivity contribution in [3.8, 4) is 0 Å². The second kappa shape index (κ2) is 48.6. The van der Waals surface area contributed by atoms with Crippen LogP contribution in [0.2, 0.25) is 0 Å². The largest absolute Gasteiger partial charge is 0.472 e. The zero-order valence-corrected chi connectivity index (χ0v) is 40.7. The van der Waals surface area contributed by atoms with Crippen LogP contribution in [-0.4, -0.2) is 66.3 Å². The topological polar surface area (TPSA) is 132 Å². The van der Waals surface area contributed by atoms with E-state index in [0.717, 1.165) is 77.0 Å². The molecule has 62 heavy (non-hydrogen) atoms. The summed E-state index contributed by atoms with van der Waals surface area (Å²) in [5.41, 5.74) is 0. The molecular formula is C52H95O9P. The van der Waals surface area contributed by atoms with Crippen molar-refractivity contribution in [3.63, 3.8) is 0 Å². The smallest absolute Gasteiger partial charge is 0.457 e. The highest BCUT2D eigenvalue weighted by Gasteiger charge is 2.26. The molecule has 0 aromatic heterocycles. The molecule has 0 aliphatic heterocycles. The minimum atomic E-state index is -4.53. The molecule has 0 heterocycles. The third-order valence-corrected chi connectivity index (χ3v) is 11.6. The van der Waals surface area contributed by atoms with Crippen LogP contribution >= 0.6 is 7.82 Å². The number of carbonyl (C=O) groups is 1. The van der Waals surface area contributed by atoms with E-state index in [2.05, 4.69) is 74.6 Å². The van der Waals surface area contributed by atoms with Crippen LogP contribution in [0.5, 0.6) is 0 Å². The Morgan fingerprint density at radius 3 is 1.34 bits per heavy atom. The molecule has 0 bridgehead atoms. The van der Waals surface area contributed by atoms with Gasteiger partial charge >= 0.3 is 13.8 Å². The van der Waals surface area contributed by atoms with E-state index in [9.17, 15) is 19.4 Å². The number of allylic oxidation sites excluding steroid dienone is 10. The molecule has 0 fully saturated rings. The first-order valence-corrected chi connectivity index (χ1v) is 26.8. The second-order valence-corrected chi connectivity index (χ2v) is 18.3. The van der Waals surface area contributed by atoms with Gasteiger partial charge in [0.1, 0.15) is 12.2 Å². The van der Waals surface area contributed by atoms with Crippen LogP contribution in [0.1, 0.15) is 219 Å². The number of rotatable bonds is 48. The Bertz CT molecular complexity index is 1150. The van der Waals surface area contributed by atoms with E-state index in [-0.39, 0.29) is 19.6 Å². The summed E-state index contributed by atoms with van der Waals surface area (Å²) in [6.07, 6.45) is 57.5. The first kappa shape index (κ1) is 60.2. The molecule has 9 nitrogen and oxygen atoms in total. The number of hydrogen-bond acceptors (Lipinski definition) is 8. The Morgan fingerprint density at radius 1 is 0.500 bits per heavy atom. The fourth-order valence-electron chi connectivity index (χ4n) is 6.80. The number of ether oxygens (including phenoxy) is 2. The van der Waals surface area contributed by atoms with Gasteiger partial charge in [0, 0.05) is 13.0 Å². The molecule has 0 aromatic carbocycles. The minimum Gasteiger partial charge on any atom is -0.457 e. The van der Waals surface area contributed by atoms with Gasteiger partial charge < -0.3 is 24.6 Å². The fraction of sp³-hybridized carbons (Fsp3) is 0.788. The predicted molar refractivity (Wildman–Crippen MR) is 260 cm³/mol. The summed E-state index contributed by atoms with van der Waals surface area (Å²) in [7, 11) is -4.53. The Labute approximate surface area is 380 Å². The van der Waals surface area contributed by atoms with Crippen molar-refractivity contribution in [1.29, 1.82) is 0 Å². The van der Waals surface area contributed by atoms with E-state index in [4.69, 9.17) is 23.6 Å². The molecule has 0 aliphatic carbocycles. The third kappa shape index (κ3) is 47.6. The molecule has 0 radical (unpaired) electrons. The van der Waals surface area contributed by atoms with Gasteiger partial charge in [-0.05, 0) is 83.5 Å². The SMILES string of the molecule is CCCCC/C=C\C/C=C\CCCCCCCCCCCC(=O)OC(COCCCCCCCCC/C=C\C/C=C\C/C=C\CCCCCCC)COP(=O)(O)OCC(O)CO. The average molecular weight is 895 g/mol. The van der Waals surface area contributed by atoms with Gasteiger partial charge in [0.2, 0.25) is 0 Å². The molecule has 0 saturated carbocycles. The van der Waals surface area contributed by atoms with Crippen molar-refractivity contribution >= 4 is 13.8 Å². The molecule has 0 aliphatic rings. The molecule has 3 N–H and O–H groups in total. The van der Waals surface area contributed by atoms with Crippen LogP contribution in [-0.2, 0) is 27.9 Å². The van der Waals surface area contributed by atoms with Crippen LogP contribution < -0.4 is 0 Å². The summed E-state index contributed by atoms with van der Waals surface area (Å²) in [4.78, 5) is 22.7. The number of phosphoric acid groups is 1. The second-order valence-electron chi connectivity index (χ2n) is 16.8. The lowest BCUT2D eigenvalue weighted by Crippen LogP contribution is -2.29. The highest BCUT2D eigenvalue weighted by Crippen LogP contribution is 2.43. The summed E-state index contributed by atoms with van der Waals surface area (Å²) in [5, 5.41) is 18.4. The van der Waals surface area contributed by atoms with Crippen LogP contribution in [0.3, 0.4) is 0 Å². The van der Waals surface area contributed by atoms with Crippen molar-refractivity contribution in [2.24, 2.45) is 0 Å². The number of esters is 1. The number of carbonyl (C=O) groups excluding carboxylic acids is 1. The van der Waals surface area contributed by atoms with Gasteiger partial charge in [0.15, 0.2) is 0 Å².